The lowest BCUT2D eigenvalue weighted by atomic mass is 10.3. The number of hydrazine groups is 1. The zero-order valence-electron chi connectivity index (χ0n) is 12.4. The molecule has 8 nitrogen and oxygen atoms in total. The van der Waals surface area contributed by atoms with E-state index in [2.05, 4.69) is 15.8 Å². The molecule has 24 heavy (non-hydrogen) atoms. The van der Waals surface area contributed by atoms with Crippen molar-refractivity contribution in [1.82, 2.24) is 20.1 Å². The van der Waals surface area contributed by atoms with Crippen LogP contribution in [-0.4, -0.2) is 43.1 Å². The molecule has 0 saturated carbocycles. The molecule has 0 aliphatic carbocycles. The molecular weight excluding hydrogens is 376 g/mol. The van der Waals surface area contributed by atoms with Crippen LogP contribution in [0.5, 0.6) is 0 Å². The first-order valence-electron chi connectivity index (χ1n) is 6.52. The van der Waals surface area contributed by atoms with Gasteiger partial charge in [-0.05, 0) is 24.3 Å². The van der Waals surface area contributed by atoms with Crippen molar-refractivity contribution in [3.8, 4) is 0 Å². The number of nitrogens with one attached hydrogen (secondary N) is 2. The fourth-order valence-corrected chi connectivity index (χ4v) is 4.42. The van der Waals surface area contributed by atoms with Crippen LogP contribution in [0.25, 0.3) is 0 Å². The predicted molar refractivity (Wildman–Crippen MR) is 89.0 cm³/mol. The Kier molecular flexibility index (Phi) is 5.89. The third kappa shape index (κ3) is 4.51. The molecule has 0 bridgehead atoms. The molecule has 0 saturated heterocycles. The number of hydrogen-bond donors (Lipinski definition) is 2. The topological polar surface area (TPSA) is 108 Å². The molecule has 0 spiro atoms. The number of pyridine rings is 1. The Morgan fingerprint density at radius 2 is 2.00 bits per heavy atom. The van der Waals surface area contributed by atoms with E-state index in [1.807, 2.05) is 0 Å². The molecule has 2 rings (SSSR count). The van der Waals surface area contributed by atoms with Gasteiger partial charge >= 0.3 is 0 Å². The first-order valence-corrected chi connectivity index (χ1v) is 9.16. The van der Waals surface area contributed by atoms with Crippen molar-refractivity contribution in [3.05, 3.63) is 46.6 Å². The standard InChI is InChI=1S/C13H13ClN4O4S2/c1-18(24(21,22)12-6-5-10(14)23-12)8-11(19)16-17-13(20)9-4-2-3-7-15-9/h2-7H,8H2,1H3,(H,16,19)(H,17,20). The zero-order valence-corrected chi connectivity index (χ0v) is 14.8. The van der Waals surface area contributed by atoms with E-state index in [1.54, 1.807) is 12.1 Å². The Morgan fingerprint density at radius 1 is 1.25 bits per heavy atom. The summed E-state index contributed by atoms with van der Waals surface area (Å²) >= 11 is 6.61. The Morgan fingerprint density at radius 3 is 2.58 bits per heavy atom. The molecule has 2 N–H and O–H groups in total. The molecule has 11 heteroatoms. The third-order valence-electron chi connectivity index (χ3n) is 2.79. The molecule has 2 aromatic heterocycles. The van der Waals surface area contributed by atoms with Gasteiger partial charge in [-0.3, -0.25) is 25.4 Å². The van der Waals surface area contributed by atoms with Gasteiger partial charge in [0.15, 0.2) is 0 Å². The molecular formula is C13H13ClN4O4S2. The number of carbonyl (C=O) groups excluding carboxylic acids is 2. The van der Waals surface area contributed by atoms with E-state index >= 15 is 0 Å². The van der Waals surface area contributed by atoms with Crippen molar-refractivity contribution in [2.75, 3.05) is 13.6 Å². The van der Waals surface area contributed by atoms with E-state index in [1.165, 1.54) is 31.4 Å². The second-order valence-electron chi connectivity index (χ2n) is 4.54. The monoisotopic (exact) mass is 388 g/mol. The van der Waals surface area contributed by atoms with Crippen molar-refractivity contribution < 1.29 is 18.0 Å². The maximum atomic E-state index is 12.2. The van der Waals surface area contributed by atoms with Gasteiger partial charge in [0.05, 0.1) is 10.9 Å². The number of hydrogen-bond acceptors (Lipinski definition) is 6. The van der Waals surface area contributed by atoms with Crippen molar-refractivity contribution in [2.45, 2.75) is 4.21 Å². The maximum absolute atomic E-state index is 12.2. The average molecular weight is 389 g/mol. The first kappa shape index (κ1) is 18.3. The summed E-state index contributed by atoms with van der Waals surface area (Å²) in [6.45, 7) is -0.472. The molecule has 0 radical (unpaired) electrons. The summed E-state index contributed by atoms with van der Waals surface area (Å²) < 4.78 is 25.7. The van der Waals surface area contributed by atoms with E-state index in [-0.39, 0.29) is 9.90 Å². The molecule has 0 aliphatic heterocycles. The number of amides is 2. The highest BCUT2D eigenvalue weighted by Gasteiger charge is 2.24. The number of thiophene rings is 1. The quantitative estimate of drug-likeness (QED) is 0.739. The molecule has 2 amide bonds. The first-order chi connectivity index (χ1) is 11.3. The highest BCUT2D eigenvalue weighted by atomic mass is 35.5. The summed E-state index contributed by atoms with van der Waals surface area (Å²) in [5, 5.41) is 0. The van der Waals surface area contributed by atoms with Gasteiger partial charge in [0.1, 0.15) is 9.90 Å². The van der Waals surface area contributed by atoms with Gasteiger partial charge in [0.25, 0.3) is 21.8 Å². The van der Waals surface area contributed by atoms with E-state index < -0.39 is 28.4 Å². The summed E-state index contributed by atoms with van der Waals surface area (Å²) in [6.07, 6.45) is 1.43. The van der Waals surface area contributed by atoms with Crippen LogP contribution in [0.3, 0.4) is 0 Å². The van der Waals surface area contributed by atoms with Crippen LogP contribution in [0, 0.1) is 0 Å². The van der Waals surface area contributed by atoms with Crippen molar-refractivity contribution in [1.29, 1.82) is 0 Å². The van der Waals surface area contributed by atoms with Gasteiger partial charge in [-0.1, -0.05) is 17.7 Å². The SMILES string of the molecule is CN(CC(=O)NNC(=O)c1ccccn1)S(=O)(=O)c1ccc(Cl)s1. The molecule has 0 fully saturated rings. The van der Waals surface area contributed by atoms with Gasteiger partial charge in [0, 0.05) is 13.2 Å². The van der Waals surface area contributed by atoms with Crippen molar-refractivity contribution >= 4 is 44.8 Å². The Balaban J connectivity index is 1.91. The minimum Gasteiger partial charge on any atom is -0.272 e. The minimum atomic E-state index is -3.82. The minimum absolute atomic E-state index is 0.0281. The van der Waals surface area contributed by atoms with Crippen LogP contribution in [-0.2, 0) is 14.8 Å². The molecule has 0 aromatic carbocycles. The molecule has 2 aromatic rings. The number of nitrogens with zero attached hydrogens (tertiary/aromatic N) is 2. The van der Waals surface area contributed by atoms with Gasteiger partial charge in [0.2, 0.25) is 0 Å². The molecule has 2 heterocycles. The average Bonchev–Trinajstić information content (AvgIpc) is 3.00. The van der Waals surface area contributed by atoms with Gasteiger partial charge in [-0.15, -0.1) is 11.3 Å². The Hall–Kier alpha value is -2.01. The number of rotatable bonds is 5. The summed E-state index contributed by atoms with van der Waals surface area (Å²) in [5.74, 6) is -1.31. The number of carbonyl (C=O) groups is 2. The fraction of sp³-hybridized carbons (Fsp3) is 0.154. The van der Waals surface area contributed by atoms with E-state index in [4.69, 9.17) is 11.6 Å². The molecule has 0 atom stereocenters. The molecule has 0 unspecified atom stereocenters. The van der Waals surface area contributed by atoms with E-state index in [9.17, 15) is 18.0 Å². The lowest BCUT2D eigenvalue weighted by Crippen LogP contribution is -2.46. The smallest absolute Gasteiger partial charge is 0.272 e. The highest BCUT2D eigenvalue weighted by molar-refractivity contribution is 7.91. The van der Waals surface area contributed by atoms with Gasteiger partial charge in [-0.2, -0.15) is 4.31 Å². The predicted octanol–water partition coefficient (Wildman–Crippen LogP) is 0.878. The molecule has 0 aliphatic rings. The van der Waals surface area contributed by atoms with Crippen LogP contribution in [0.4, 0.5) is 0 Å². The largest absolute Gasteiger partial charge is 0.288 e. The Labute approximate surface area is 147 Å². The molecule has 128 valence electrons. The number of likely N-dealkylation sites (N-methyl/N-ethyl adjacent to an activating group) is 1. The van der Waals surface area contributed by atoms with Crippen molar-refractivity contribution in [2.24, 2.45) is 0 Å². The van der Waals surface area contributed by atoms with Gasteiger partial charge < -0.3 is 0 Å². The number of sulfonamides is 1. The van der Waals surface area contributed by atoms with Crippen LogP contribution in [0.2, 0.25) is 4.34 Å². The normalized spacial score (nSPS) is 11.3. The van der Waals surface area contributed by atoms with Gasteiger partial charge in [-0.25, -0.2) is 8.42 Å². The van der Waals surface area contributed by atoms with Crippen LogP contribution >= 0.6 is 22.9 Å². The van der Waals surface area contributed by atoms with Crippen LogP contribution < -0.4 is 10.9 Å². The summed E-state index contributed by atoms with van der Waals surface area (Å²) in [7, 11) is -2.57. The summed E-state index contributed by atoms with van der Waals surface area (Å²) in [4.78, 5) is 27.3. The van der Waals surface area contributed by atoms with E-state index in [0.29, 0.717) is 4.34 Å². The highest BCUT2D eigenvalue weighted by Crippen LogP contribution is 2.27. The van der Waals surface area contributed by atoms with Crippen LogP contribution in [0.1, 0.15) is 10.5 Å². The van der Waals surface area contributed by atoms with Crippen molar-refractivity contribution in [3.63, 3.8) is 0 Å². The second-order valence-corrected chi connectivity index (χ2v) is 8.52. The zero-order chi connectivity index (χ0) is 17.7. The maximum Gasteiger partial charge on any atom is 0.288 e. The van der Waals surface area contributed by atoms with Crippen LogP contribution in [0.15, 0.2) is 40.7 Å². The fourth-order valence-electron chi connectivity index (χ4n) is 1.60. The second kappa shape index (κ2) is 7.71. The number of halogens is 1. The Bertz CT molecular complexity index is 839. The summed E-state index contributed by atoms with van der Waals surface area (Å²) in [6, 6.07) is 7.56. The lowest BCUT2D eigenvalue weighted by Gasteiger charge is -2.15. The third-order valence-corrected chi connectivity index (χ3v) is 6.29. The summed E-state index contributed by atoms with van der Waals surface area (Å²) in [5.41, 5.74) is 4.41. The number of aromatic nitrogens is 1. The van der Waals surface area contributed by atoms with E-state index in [0.717, 1.165) is 15.6 Å². The lowest BCUT2D eigenvalue weighted by molar-refractivity contribution is -0.121.